The number of carbonyl (C=O) groups excluding carboxylic acids is 1. The van der Waals surface area contributed by atoms with Crippen LogP contribution < -0.4 is 5.32 Å². The van der Waals surface area contributed by atoms with E-state index in [9.17, 15) is 14.7 Å². The van der Waals surface area contributed by atoms with Gasteiger partial charge in [-0.1, -0.05) is 12.1 Å². The minimum atomic E-state index is -1.03. The van der Waals surface area contributed by atoms with Gasteiger partial charge in [-0.3, -0.25) is 9.48 Å². The van der Waals surface area contributed by atoms with Gasteiger partial charge >= 0.3 is 5.97 Å². The van der Waals surface area contributed by atoms with Gasteiger partial charge in [-0.2, -0.15) is 5.10 Å². The monoisotopic (exact) mass is 396 g/mol. The fraction of sp³-hybridized carbons (Fsp3) is 0.300. The zero-order valence-corrected chi connectivity index (χ0v) is 15.4. The molecule has 0 spiro atoms. The number of aliphatic hydroxyl groups is 1. The summed E-state index contributed by atoms with van der Waals surface area (Å²) in [4.78, 5) is 27.5. The number of carboxylic acid groups (broad SMARTS) is 1. The third-order valence-electron chi connectivity index (χ3n) is 5.11. The highest BCUT2D eigenvalue weighted by Gasteiger charge is 2.34. The number of amides is 1. The molecular weight excluding hydrogens is 376 g/mol. The lowest BCUT2D eigenvalue weighted by molar-refractivity contribution is 0.0696. The molecule has 3 aromatic rings. The van der Waals surface area contributed by atoms with Crippen molar-refractivity contribution < 1.29 is 24.2 Å². The fourth-order valence-corrected chi connectivity index (χ4v) is 3.68. The highest BCUT2D eigenvalue weighted by Crippen LogP contribution is 2.28. The predicted molar refractivity (Wildman–Crippen MR) is 101 cm³/mol. The molecule has 0 bridgehead atoms. The van der Waals surface area contributed by atoms with Gasteiger partial charge in [0.15, 0.2) is 12.2 Å². The number of carboxylic acids is 1. The maximum atomic E-state index is 12.7. The molecule has 3 atom stereocenters. The molecule has 2 heterocycles. The Kier molecular flexibility index (Phi) is 5.13. The number of benzene rings is 1. The number of aromatic carboxylic acids is 1. The van der Waals surface area contributed by atoms with E-state index >= 15 is 0 Å². The molecule has 3 N–H and O–H groups in total. The molecule has 4 rings (SSSR count). The van der Waals surface area contributed by atoms with Crippen molar-refractivity contribution >= 4 is 11.9 Å². The molecule has 1 amide bonds. The van der Waals surface area contributed by atoms with E-state index in [1.165, 1.54) is 18.8 Å². The molecule has 1 fully saturated rings. The van der Waals surface area contributed by atoms with Crippen LogP contribution in [-0.4, -0.2) is 49.0 Å². The molecule has 0 saturated heterocycles. The van der Waals surface area contributed by atoms with Gasteiger partial charge in [-0.15, -0.1) is 0 Å². The summed E-state index contributed by atoms with van der Waals surface area (Å²) in [6, 6.07) is 6.62. The van der Waals surface area contributed by atoms with Gasteiger partial charge in [0.25, 0.3) is 5.91 Å². The van der Waals surface area contributed by atoms with Gasteiger partial charge in [-0.05, 0) is 30.9 Å². The minimum Gasteiger partial charge on any atom is -0.478 e. The first kappa shape index (κ1) is 18.9. The maximum Gasteiger partial charge on any atom is 0.338 e. The Balaban J connectivity index is 1.38. The minimum absolute atomic E-state index is 0.0809. The Labute approximate surface area is 166 Å². The predicted octanol–water partition coefficient (Wildman–Crippen LogP) is 1.81. The highest BCUT2D eigenvalue weighted by molar-refractivity contribution is 5.95. The number of rotatable bonds is 6. The van der Waals surface area contributed by atoms with Gasteiger partial charge in [0.05, 0.1) is 30.1 Å². The second-order valence-corrected chi connectivity index (χ2v) is 7.19. The fourth-order valence-electron chi connectivity index (χ4n) is 3.68. The standard InChI is InChI=1S/C20H20N4O5/c25-17-5-12(9-24-10-15(7-22-24)20(27)28)4-16(17)23-19(26)14-3-1-2-13(6-14)18-8-21-11-29-18/h1-3,6-8,10-12,16-17,25H,4-5,9H2,(H,23,26)(H,27,28)/t12?,16-,17-/m1/s1. The Morgan fingerprint density at radius 2 is 2.10 bits per heavy atom. The Morgan fingerprint density at radius 1 is 1.24 bits per heavy atom. The molecule has 1 unspecified atom stereocenters. The van der Waals surface area contributed by atoms with Crippen molar-refractivity contribution in [3.05, 3.63) is 60.4 Å². The van der Waals surface area contributed by atoms with Crippen molar-refractivity contribution in [3.63, 3.8) is 0 Å². The van der Waals surface area contributed by atoms with Crippen LogP contribution in [0.25, 0.3) is 11.3 Å². The van der Waals surface area contributed by atoms with E-state index in [1.807, 2.05) is 6.07 Å². The third kappa shape index (κ3) is 4.19. The Bertz CT molecular complexity index is 1010. The zero-order chi connectivity index (χ0) is 20.4. The van der Waals surface area contributed by atoms with Crippen LogP contribution in [0.15, 0.2) is 53.7 Å². The van der Waals surface area contributed by atoms with Gasteiger partial charge < -0.3 is 19.9 Å². The van der Waals surface area contributed by atoms with Gasteiger partial charge in [0, 0.05) is 23.9 Å². The smallest absolute Gasteiger partial charge is 0.338 e. The molecule has 150 valence electrons. The van der Waals surface area contributed by atoms with E-state index in [0.29, 0.717) is 30.7 Å². The van der Waals surface area contributed by atoms with E-state index in [1.54, 1.807) is 29.1 Å². The molecule has 29 heavy (non-hydrogen) atoms. The van der Waals surface area contributed by atoms with Crippen LogP contribution in [0.1, 0.15) is 33.6 Å². The number of nitrogens with one attached hydrogen (secondary N) is 1. The number of aliphatic hydroxyl groups excluding tert-OH is 1. The molecule has 1 saturated carbocycles. The van der Waals surface area contributed by atoms with Crippen LogP contribution in [0.4, 0.5) is 0 Å². The van der Waals surface area contributed by atoms with Crippen molar-refractivity contribution in [2.45, 2.75) is 31.5 Å². The molecule has 1 aliphatic rings. The van der Waals surface area contributed by atoms with Crippen LogP contribution in [0.5, 0.6) is 0 Å². The number of nitrogens with zero attached hydrogens (tertiary/aromatic N) is 3. The first-order valence-corrected chi connectivity index (χ1v) is 9.23. The topological polar surface area (TPSA) is 130 Å². The van der Waals surface area contributed by atoms with Crippen LogP contribution in [0, 0.1) is 5.92 Å². The third-order valence-corrected chi connectivity index (χ3v) is 5.11. The first-order chi connectivity index (χ1) is 14.0. The van der Waals surface area contributed by atoms with Crippen LogP contribution in [0.3, 0.4) is 0 Å². The summed E-state index contributed by atoms with van der Waals surface area (Å²) in [5.74, 6) is -0.651. The van der Waals surface area contributed by atoms with Crippen LogP contribution in [0.2, 0.25) is 0 Å². The maximum absolute atomic E-state index is 12.7. The quantitative estimate of drug-likeness (QED) is 0.579. The van der Waals surface area contributed by atoms with Crippen LogP contribution >= 0.6 is 0 Å². The number of carbonyl (C=O) groups is 2. The van der Waals surface area contributed by atoms with Crippen molar-refractivity contribution in [1.29, 1.82) is 0 Å². The van der Waals surface area contributed by atoms with E-state index in [0.717, 1.165) is 5.56 Å². The number of hydrogen-bond acceptors (Lipinski definition) is 6. The van der Waals surface area contributed by atoms with Gasteiger partial charge in [0.1, 0.15) is 0 Å². The zero-order valence-electron chi connectivity index (χ0n) is 15.4. The van der Waals surface area contributed by atoms with Crippen molar-refractivity contribution in [2.75, 3.05) is 0 Å². The second kappa shape index (κ2) is 7.88. The summed E-state index contributed by atoms with van der Waals surface area (Å²) in [6.45, 7) is 0.484. The largest absolute Gasteiger partial charge is 0.478 e. The molecule has 1 aliphatic carbocycles. The molecule has 0 radical (unpaired) electrons. The van der Waals surface area contributed by atoms with E-state index in [2.05, 4.69) is 15.4 Å². The van der Waals surface area contributed by atoms with Gasteiger partial charge in [-0.25, -0.2) is 9.78 Å². The number of hydrogen-bond donors (Lipinski definition) is 3. The highest BCUT2D eigenvalue weighted by atomic mass is 16.4. The summed E-state index contributed by atoms with van der Waals surface area (Å²) in [5, 5.41) is 26.3. The summed E-state index contributed by atoms with van der Waals surface area (Å²) < 4.78 is 6.83. The molecule has 1 aromatic carbocycles. The average Bonchev–Trinajstić information content (AvgIpc) is 3.44. The average molecular weight is 396 g/mol. The second-order valence-electron chi connectivity index (χ2n) is 7.19. The van der Waals surface area contributed by atoms with E-state index in [4.69, 9.17) is 9.52 Å². The summed E-state index contributed by atoms with van der Waals surface area (Å²) in [5.41, 5.74) is 1.33. The lowest BCUT2D eigenvalue weighted by Gasteiger charge is -2.16. The SMILES string of the molecule is O=C(O)c1cnn(CC2C[C@@H](O)[C@H](NC(=O)c3cccc(-c4cnco4)c3)C2)c1. The summed E-state index contributed by atoms with van der Waals surface area (Å²) >= 11 is 0. The molecule has 9 nitrogen and oxygen atoms in total. The molecule has 2 aromatic heterocycles. The van der Waals surface area contributed by atoms with Gasteiger partial charge in [0.2, 0.25) is 0 Å². The number of aromatic nitrogens is 3. The Hall–Kier alpha value is -3.46. The molecule has 0 aliphatic heterocycles. The lowest BCUT2D eigenvalue weighted by atomic mass is 10.1. The first-order valence-electron chi connectivity index (χ1n) is 9.23. The van der Waals surface area contributed by atoms with Crippen LogP contribution in [-0.2, 0) is 6.54 Å². The number of oxazole rings is 1. The summed E-state index contributed by atoms with van der Waals surface area (Å²) in [7, 11) is 0. The molecule has 9 heteroatoms. The normalized spacial score (nSPS) is 21.2. The van der Waals surface area contributed by atoms with Crippen molar-refractivity contribution in [3.8, 4) is 11.3 Å². The van der Waals surface area contributed by atoms with Crippen molar-refractivity contribution in [2.24, 2.45) is 5.92 Å². The lowest BCUT2D eigenvalue weighted by Crippen LogP contribution is -2.39. The van der Waals surface area contributed by atoms with Crippen molar-refractivity contribution in [1.82, 2.24) is 20.1 Å². The molecular formula is C20H20N4O5. The van der Waals surface area contributed by atoms with E-state index in [-0.39, 0.29) is 23.4 Å². The van der Waals surface area contributed by atoms with E-state index < -0.39 is 12.1 Å². The Morgan fingerprint density at radius 3 is 2.83 bits per heavy atom. The summed E-state index contributed by atoms with van der Waals surface area (Å²) in [6.07, 6.45) is 6.09.